The van der Waals surface area contributed by atoms with Gasteiger partial charge >= 0.3 is 0 Å². The molecular weight excluding hydrogens is 292 g/mol. The van der Waals surface area contributed by atoms with Crippen LogP contribution >= 0.6 is 0 Å². The average molecular weight is 316 g/mol. The summed E-state index contributed by atoms with van der Waals surface area (Å²) in [4.78, 5) is 25.6. The van der Waals surface area contributed by atoms with E-state index in [4.69, 9.17) is 0 Å². The maximum Gasteiger partial charge on any atom is 0.241 e. The monoisotopic (exact) mass is 316 g/mol. The number of hydrazine groups is 1. The van der Waals surface area contributed by atoms with Gasteiger partial charge in [0, 0.05) is 50.5 Å². The molecule has 3 unspecified atom stereocenters. The van der Waals surface area contributed by atoms with E-state index in [1.54, 1.807) is 12.4 Å². The molecule has 4 rings (SSSR count). The van der Waals surface area contributed by atoms with Crippen molar-refractivity contribution in [1.29, 1.82) is 0 Å². The van der Waals surface area contributed by atoms with Gasteiger partial charge in [0.05, 0.1) is 0 Å². The number of nitrogens with zero attached hydrogens (tertiary/aromatic N) is 4. The van der Waals surface area contributed by atoms with Crippen LogP contribution in [0.3, 0.4) is 0 Å². The minimum Gasteiger partial charge on any atom is -0.338 e. The highest BCUT2D eigenvalue weighted by molar-refractivity contribution is 5.83. The Kier molecular flexibility index (Phi) is 4.13. The lowest BCUT2D eigenvalue weighted by Crippen LogP contribution is -2.55. The van der Waals surface area contributed by atoms with Crippen LogP contribution in [0.2, 0.25) is 0 Å². The summed E-state index contributed by atoms with van der Waals surface area (Å²) in [5.74, 6) is 1.46. The Bertz CT molecular complexity index is 545. The molecule has 3 aliphatic rings. The Hall–Kier alpha value is -1.73. The number of anilines is 1. The number of piperazine rings is 1. The number of carbonyl (C=O) groups is 1. The van der Waals surface area contributed by atoms with E-state index in [-0.39, 0.29) is 11.9 Å². The highest BCUT2D eigenvalue weighted by atomic mass is 16.2. The van der Waals surface area contributed by atoms with Gasteiger partial charge in [-0.15, -0.1) is 0 Å². The van der Waals surface area contributed by atoms with Gasteiger partial charge in [-0.3, -0.25) is 10.2 Å². The van der Waals surface area contributed by atoms with E-state index in [1.165, 1.54) is 19.3 Å². The van der Waals surface area contributed by atoms with E-state index in [0.717, 1.165) is 38.5 Å². The van der Waals surface area contributed by atoms with E-state index in [2.05, 4.69) is 25.7 Å². The van der Waals surface area contributed by atoms with Crippen LogP contribution in [-0.4, -0.2) is 59.0 Å². The summed E-state index contributed by atoms with van der Waals surface area (Å²) >= 11 is 0. The molecule has 3 fully saturated rings. The van der Waals surface area contributed by atoms with Crippen LogP contribution in [0.5, 0.6) is 0 Å². The molecule has 0 radical (unpaired) electrons. The number of fused-ring (bicyclic) bond motifs is 1. The molecule has 7 heteroatoms. The third-order valence-corrected chi connectivity index (χ3v) is 5.36. The molecule has 1 aliphatic carbocycles. The zero-order valence-corrected chi connectivity index (χ0v) is 13.3. The van der Waals surface area contributed by atoms with Crippen LogP contribution in [0.4, 0.5) is 5.95 Å². The van der Waals surface area contributed by atoms with Crippen molar-refractivity contribution in [2.45, 2.75) is 37.8 Å². The van der Waals surface area contributed by atoms with Crippen LogP contribution in [0.1, 0.15) is 25.7 Å². The second-order valence-corrected chi connectivity index (χ2v) is 6.68. The van der Waals surface area contributed by atoms with Gasteiger partial charge in [0.25, 0.3) is 0 Å². The van der Waals surface area contributed by atoms with Gasteiger partial charge in [-0.2, -0.15) is 0 Å². The lowest BCUT2D eigenvalue weighted by atomic mass is 9.81. The Morgan fingerprint density at radius 2 is 1.78 bits per heavy atom. The Labute approximate surface area is 136 Å². The zero-order valence-electron chi connectivity index (χ0n) is 13.3. The maximum atomic E-state index is 12.9. The molecular formula is C16H24N6O. The zero-order chi connectivity index (χ0) is 15.6. The van der Waals surface area contributed by atoms with Gasteiger partial charge in [0.15, 0.2) is 0 Å². The topological polar surface area (TPSA) is 73.4 Å². The van der Waals surface area contributed by atoms with E-state index in [0.29, 0.717) is 12.0 Å². The Morgan fingerprint density at radius 3 is 2.57 bits per heavy atom. The summed E-state index contributed by atoms with van der Waals surface area (Å²) in [7, 11) is 0. The van der Waals surface area contributed by atoms with Crippen molar-refractivity contribution in [3.63, 3.8) is 0 Å². The molecule has 1 aromatic rings. The molecule has 23 heavy (non-hydrogen) atoms. The van der Waals surface area contributed by atoms with Crippen molar-refractivity contribution in [3.05, 3.63) is 18.5 Å². The van der Waals surface area contributed by atoms with Crippen LogP contribution in [0, 0.1) is 5.92 Å². The third-order valence-electron chi connectivity index (χ3n) is 5.36. The van der Waals surface area contributed by atoms with Crippen molar-refractivity contribution >= 4 is 11.9 Å². The molecule has 7 nitrogen and oxygen atoms in total. The van der Waals surface area contributed by atoms with Gasteiger partial charge in [-0.25, -0.2) is 15.4 Å². The standard InChI is InChI=1S/C16H24N6O/c23-15(14-12-4-1-2-5-13(12)19-20-14)21-8-10-22(11-9-21)16-17-6-3-7-18-16/h3,6-7,12-14,19-20H,1-2,4-5,8-11H2. The summed E-state index contributed by atoms with van der Waals surface area (Å²) in [6.45, 7) is 3.08. The second kappa shape index (κ2) is 6.41. The Morgan fingerprint density at radius 1 is 1.04 bits per heavy atom. The van der Waals surface area contributed by atoms with E-state index in [1.807, 2.05) is 11.0 Å². The van der Waals surface area contributed by atoms with Crippen LogP contribution in [0.15, 0.2) is 18.5 Å². The molecule has 1 aromatic heterocycles. The van der Waals surface area contributed by atoms with Crippen LogP contribution in [0.25, 0.3) is 0 Å². The van der Waals surface area contributed by atoms with Crippen LogP contribution < -0.4 is 15.8 Å². The molecule has 0 spiro atoms. The van der Waals surface area contributed by atoms with Crippen molar-refractivity contribution in [1.82, 2.24) is 25.7 Å². The van der Waals surface area contributed by atoms with Crippen molar-refractivity contribution < 1.29 is 4.79 Å². The molecule has 124 valence electrons. The van der Waals surface area contributed by atoms with E-state index >= 15 is 0 Å². The molecule has 0 aromatic carbocycles. The minimum atomic E-state index is -0.0557. The fraction of sp³-hybridized carbons (Fsp3) is 0.688. The summed E-state index contributed by atoms with van der Waals surface area (Å²) in [6, 6.07) is 2.24. The highest BCUT2D eigenvalue weighted by Crippen LogP contribution is 2.31. The van der Waals surface area contributed by atoms with Crippen molar-refractivity contribution in [3.8, 4) is 0 Å². The first kappa shape index (κ1) is 14.8. The summed E-state index contributed by atoms with van der Waals surface area (Å²) in [5, 5.41) is 0. The SMILES string of the molecule is O=C(C1NNC2CCCCC21)N1CCN(c2ncccn2)CC1. The quantitative estimate of drug-likeness (QED) is 0.810. The number of rotatable bonds is 2. The number of aromatic nitrogens is 2. The molecule has 2 N–H and O–H groups in total. The predicted octanol–water partition coefficient (Wildman–Crippen LogP) is 0.160. The number of nitrogens with one attached hydrogen (secondary N) is 2. The van der Waals surface area contributed by atoms with Crippen LogP contribution in [-0.2, 0) is 4.79 Å². The fourth-order valence-corrected chi connectivity index (χ4v) is 4.06. The minimum absolute atomic E-state index is 0.0557. The number of carbonyl (C=O) groups excluding carboxylic acids is 1. The Balaban J connectivity index is 1.36. The van der Waals surface area contributed by atoms with Crippen molar-refractivity contribution in [2.24, 2.45) is 5.92 Å². The molecule has 0 bridgehead atoms. The smallest absolute Gasteiger partial charge is 0.241 e. The predicted molar refractivity (Wildman–Crippen MR) is 86.6 cm³/mol. The molecule has 3 heterocycles. The largest absolute Gasteiger partial charge is 0.338 e. The molecule has 3 atom stereocenters. The lowest BCUT2D eigenvalue weighted by molar-refractivity contribution is -0.134. The van der Waals surface area contributed by atoms with Gasteiger partial charge in [0.2, 0.25) is 11.9 Å². The first-order valence-electron chi connectivity index (χ1n) is 8.65. The molecule has 2 saturated heterocycles. The molecule has 2 aliphatic heterocycles. The number of hydrogen-bond donors (Lipinski definition) is 2. The van der Waals surface area contributed by atoms with Gasteiger partial charge < -0.3 is 9.80 Å². The van der Waals surface area contributed by atoms with E-state index in [9.17, 15) is 4.79 Å². The van der Waals surface area contributed by atoms with Gasteiger partial charge in [0.1, 0.15) is 6.04 Å². The fourth-order valence-electron chi connectivity index (χ4n) is 4.06. The lowest BCUT2D eigenvalue weighted by Gasteiger charge is -2.37. The van der Waals surface area contributed by atoms with E-state index < -0.39 is 0 Å². The van der Waals surface area contributed by atoms with Crippen molar-refractivity contribution in [2.75, 3.05) is 31.1 Å². The first-order chi connectivity index (χ1) is 11.3. The second-order valence-electron chi connectivity index (χ2n) is 6.68. The maximum absolute atomic E-state index is 12.9. The highest BCUT2D eigenvalue weighted by Gasteiger charge is 2.42. The molecule has 1 saturated carbocycles. The third kappa shape index (κ3) is 2.90. The normalized spacial score (nSPS) is 31.0. The van der Waals surface area contributed by atoms with Gasteiger partial charge in [-0.1, -0.05) is 12.8 Å². The number of hydrogen-bond acceptors (Lipinski definition) is 6. The molecule has 1 amide bonds. The van der Waals surface area contributed by atoms with Gasteiger partial charge in [-0.05, 0) is 18.9 Å². The summed E-state index contributed by atoms with van der Waals surface area (Å²) < 4.78 is 0. The average Bonchev–Trinajstić information content (AvgIpc) is 3.06. The number of amides is 1. The summed E-state index contributed by atoms with van der Waals surface area (Å²) in [6.07, 6.45) is 8.37. The first-order valence-corrected chi connectivity index (χ1v) is 8.65. The summed E-state index contributed by atoms with van der Waals surface area (Å²) in [5.41, 5.74) is 6.59.